The number of nitrogens with one attached hydrogen (secondary N) is 1. The second-order valence-electron chi connectivity index (χ2n) is 5.26. The highest BCUT2D eigenvalue weighted by Crippen LogP contribution is 2.23. The molecule has 21 heavy (non-hydrogen) atoms. The Morgan fingerprint density at radius 1 is 1.52 bits per heavy atom. The van der Waals surface area contributed by atoms with Crippen molar-refractivity contribution in [2.24, 2.45) is 0 Å². The average Bonchev–Trinajstić information content (AvgIpc) is 3.15. The Kier molecular flexibility index (Phi) is 3.92. The lowest BCUT2D eigenvalue weighted by Crippen LogP contribution is -2.42. The van der Waals surface area contributed by atoms with Crippen LogP contribution in [0.2, 0.25) is 0 Å². The van der Waals surface area contributed by atoms with Gasteiger partial charge >= 0.3 is 5.97 Å². The topological polar surface area (TPSA) is 84.5 Å². The molecule has 2 aliphatic rings. The molecule has 1 saturated heterocycles. The zero-order valence-electron chi connectivity index (χ0n) is 12.1. The van der Waals surface area contributed by atoms with Gasteiger partial charge in [-0.05, 0) is 19.8 Å². The van der Waals surface area contributed by atoms with Gasteiger partial charge in [0.1, 0.15) is 6.10 Å². The highest BCUT2D eigenvalue weighted by Gasteiger charge is 2.33. The smallest absolute Gasteiger partial charge is 0.359 e. The quantitative estimate of drug-likeness (QED) is 0.827. The molecule has 7 heteroatoms. The summed E-state index contributed by atoms with van der Waals surface area (Å²) in [7, 11) is 0. The number of carbonyl (C=O) groups excluding carboxylic acids is 2. The third-order valence-electron chi connectivity index (χ3n) is 3.92. The van der Waals surface area contributed by atoms with Crippen molar-refractivity contribution in [1.82, 2.24) is 15.1 Å². The van der Waals surface area contributed by atoms with Crippen LogP contribution in [0.25, 0.3) is 0 Å². The first-order chi connectivity index (χ1) is 10.2. The summed E-state index contributed by atoms with van der Waals surface area (Å²) in [5, 5.41) is 6.91. The Morgan fingerprint density at radius 2 is 2.38 bits per heavy atom. The molecule has 3 rings (SSSR count). The number of nitrogens with zero attached hydrogens (tertiary/aromatic N) is 2. The van der Waals surface area contributed by atoms with E-state index < -0.39 is 5.97 Å². The lowest BCUT2D eigenvalue weighted by molar-refractivity contribution is -0.141. The predicted octanol–water partition coefficient (Wildman–Crippen LogP) is 0.650. The Labute approximate surface area is 122 Å². The first-order valence-electron chi connectivity index (χ1n) is 7.34. The van der Waals surface area contributed by atoms with Gasteiger partial charge in [0.25, 0.3) is 5.91 Å². The molecule has 0 bridgehead atoms. The molecule has 7 nitrogen and oxygen atoms in total. The molecular weight excluding hydrogens is 274 g/mol. The zero-order chi connectivity index (χ0) is 14.8. The van der Waals surface area contributed by atoms with Gasteiger partial charge in [-0.2, -0.15) is 5.10 Å². The lowest BCUT2D eigenvalue weighted by Gasteiger charge is -2.28. The first-order valence-corrected chi connectivity index (χ1v) is 7.34. The summed E-state index contributed by atoms with van der Waals surface area (Å²) in [6.45, 7) is 3.72. The Balaban J connectivity index is 1.76. The van der Waals surface area contributed by atoms with Gasteiger partial charge in [-0.25, -0.2) is 4.79 Å². The van der Waals surface area contributed by atoms with E-state index in [1.807, 2.05) is 0 Å². The third kappa shape index (κ3) is 2.65. The first kappa shape index (κ1) is 14.1. The molecule has 1 fully saturated rings. The van der Waals surface area contributed by atoms with Gasteiger partial charge in [-0.3, -0.25) is 9.89 Å². The van der Waals surface area contributed by atoms with Crippen LogP contribution in [0, 0.1) is 0 Å². The van der Waals surface area contributed by atoms with Crippen molar-refractivity contribution in [3.05, 3.63) is 17.0 Å². The number of aromatic amines is 1. The van der Waals surface area contributed by atoms with E-state index in [-0.39, 0.29) is 17.7 Å². The van der Waals surface area contributed by atoms with Crippen molar-refractivity contribution in [2.45, 2.75) is 38.8 Å². The van der Waals surface area contributed by atoms with Crippen molar-refractivity contribution in [2.75, 3.05) is 19.8 Å². The largest absolute Gasteiger partial charge is 0.461 e. The number of hydrogen-bond acceptors (Lipinski definition) is 5. The summed E-state index contributed by atoms with van der Waals surface area (Å²) in [5.41, 5.74) is 1.97. The molecule has 0 spiro atoms. The Hall–Kier alpha value is -1.89. The van der Waals surface area contributed by atoms with Crippen molar-refractivity contribution in [3.8, 4) is 0 Å². The van der Waals surface area contributed by atoms with Gasteiger partial charge < -0.3 is 14.4 Å². The second-order valence-corrected chi connectivity index (χ2v) is 5.26. The molecule has 0 saturated carbocycles. The standard InChI is InChI=1S/C14H19N3O4/c1-2-20-14(19)12-9-8-17(6-5-10(9)15-16-12)13(18)11-4-3-7-21-11/h11H,2-8H2,1H3,(H,15,16). The van der Waals surface area contributed by atoms with Crippen molar-refractivity contribution in [1.29, 1.82) is 0 Å². The average molecular weight is 293 g/mol. The van der Waals surface area contributed by atoms with E-state index in [2.05, 4.69) is 10.2 Å². The summed E-state index contributed by atoms with van der Waals surface area (Å²) in [6.07, 6.45) is 2.04. The predicted molar refractivity (Wildman–Crippen MR) is 72.6 cm³/mol. The molecule has 0 aromatic carbocycles. The number of H-pyrrole nitrogens is 1. The van der Waals surface area contributed by atoms with Crippen LogP contribution in [0.3, 0.4) is 0 Å². The van der Waals surface area contributed by atoms with E-state index in [0.717, 1.165) is 24.1 Å². The van der Waals surface area contributed by atoms with Gasteiger partial charge in [0.15, 0.2) is 5.69 Å². The second kappa shape index (κ2) is 5.85. The Bertz CT molecular complexity index is 548. The molecule has 2 aliphatic heterocycles. The SMILES string of the molecule is CCOC(=O)c1n[nH]c2c1CN(C(=O)C1CCCO1)CC2. The number of carbonyl (C=O) groups is 2. The molecule has 0 aliphatic carbocycles. The van der Waals surface area contributed by atoms with Gasteiger partial charge in [0.05, 0.1) is 6.61 Å². The van der Waals surface area contributed by atoms with Crippen LogP contribution in [0.5, 0.6) is 0 Å². The molecule has 1 atom stereocenters. The summed E-state index contributed by atoms with van der Waals surface area (Å²) in [6, 6.07) is 0. The number of hydrogen-bond donors (Lipinski definition) is 1. The molecule has 1 amide bonds. The van der Waals surface area contributed by atoms with E-state index in [4.69, 9.17) is 9.47 Å². The maximum atomic E-state index is 12.4. The molecule has 114 valence electrons. The monoisotopic (exact) mass is 293 g/mol. The molecule has 1 aromatic heterocycles. The van der Waals surface area contributed by atoms with Gasteiger partial charge in [-0.15, -0.1) is 0 Å². The van der Waals surface area contributed by atoms with Gasteiger partial charge in [0.2, 0.25) is 0 Å². The number of aromatic nitrogens is 2. The molecule has 3 heterocycles. The number of ether oxygens (including phenoxy) is 2. The zero-order valence-corrected chi connectivity index (χ0v) is 12.1. The normalized spacial score (nSPS) is 21.2. The van der Waals surface area contributed by atoms with Crippen LogP contribution in [-0.2, 0) is 27.2 Å². The van der Waals surface area contributed by atoms with Crippen molar-refractivity contribution in [3.63, 3.8) is 0 Å². The maximum absolute atomic E-state index is 12.4. The fraction of sp³-hybridized carbons (Fsp3) is 0.643. The van der Waals surface area contributed by atoms with Crippen LogP contribution in [-0.4, -0.2) is 52.8 Å². The third-order valence-corrected chi connectivity index (χ3v) is 3.92. The highest BCUT2D eigenvalue weighted by atomic mass is 16.5. The summed E-state index contributed by atoms with van der Waals surface area (Å²) >= 11 is 0. The number of rotatable bonds is 3. The molecule has 1 aromatic rings. The summed E-state index contributed by atoms with van der Waals surface area (Å²) < 4.78 is 10.4. The maximum Gasteiger partial charge on any atom is 0.359 e. The Morgan fingerprint density at radius 3 is 3.10 bits per heavy atom. The summed E-state index contributed by atoms with van der Waals surface area (Å²) in [4.78, 5) is 26.0. The fourth-order valence-electron chi connectivity index (χ4n) is 2.83. The van der Waals surface area contributed by atoms with E-state index in [1.165, 1.54) is 0 Å². The van der Waals surface area contributed by atoms with Crippen molar-refractivity contribution < 1.29 is 19.1 Å². The van der Waals surface area contributed by atoms with Crippen LogP contribution in [0.15, 0.2) is 0 Å². The minimum atomic E-state index is -0.443. The lowest BCUT2D eigenvalue weighted by atomic mass is 10.0. The molecule has 0 radical (unpaired) electrons. The molecular formula is C14H19N3O4. The van der Waals surface area contributed by atoms with Crippen LogP contribution in [0.1, 0.15) is 41.5 Å². The van der Waals surface area contributed by atoms with Crippen LogP contribution < -0.4 is 0 Å². The van der Waals surface area contributed by atoms with E-state index >= 15 is 0 Å². The molecule has 1 unspecified atom stereocenters. The van der Waals surface area contributed by atoms with E-state index in [9.17, 15) is 9.59 Å². The number of esters is 1. The van der Waals surface area contributed by atoms with E-state index in [1.54, 1.807) is 11.8 Å². The van der Waals surface area contributed by atoms with E-state index in [0.29, 0.717) is 32.7 Å². The number of fused-ring (bicyclic) bond motifs is 1. The molecule has 1 N–H and O–H groups in total. The number of amides is 1. The minimum absolute atomic E-state index is 0.00848. The van der Waals surface area contributed by atoms with Gasteiger partial charge in [0, 0.05) is 37.4 Å². The minimum Gasteiger partial charge on any atom is -0.461 e. The highest BCUT2D eigenvalue weighted by molar-refractivity contribution is 5.89. The fourth-order valence-corrected chi connectivity index (χ4v) is 2.83. The van der Waals surface area contributed by atoms with Crippen LogP contribution >= 0.6 is 0 Å². The van der Waals surface area contributed by atoms with Crippen LogP contribution in [0.4, 0.5) is 0 Å². The van der Waals surface area contributed by atoms with Crippen molar-refractivity contribution >= 4 is 11.9 Å². The summed E-state index contributed by atoms with van der Waals surface area (Å²) in [5.74, 6) is -0.435. The van der Waals surface area contributed by atoms with Gasteiger partial charge in [-0.1, -0.05) is 0 Å².